The maximum absolute atomic E-state index is 4.28. The van der Waals surface area contributed by atoms with Crippen LogP contribution in [-0.2, 0) is 0 Å². The fourth-order valence-electron chi connectivity index (χ4n) is 2.21. The van der Waals surface area contributed by atoms with E-state index in [2.05, 4.69) is 58.6 Å². The third-order valence-corrected chi connectivity index (χ3v) is 5.84. The summed E-state index contributed by atoms with van der Waals surface area (Å²) in [6, 6.07) is 8.69. The van der Waals surface area contributed by atoms with E-state index in [1.165, 1.54) is 29.1 Å². The number of aliphatic imine (C=N–C) groups is 1. The van der Waals surface area contributed by atoms with E-state index in [1.54, 1.807) is 0 Å². The quantitative estimate of drug-likeness (QED) is 0.227. The molecule has 1 fully saturated rings. The lowest BCUT2D eigenvalue weighted by Crippen LogP contribution is -2.41. The van der Waals surface area contributed by atoms with Crippen molar-refractivity contribution in [1.29, 1.82) is 0 Å². The van der Waals surface area contributed by atoms with Crippen LogP contribution in [0.25, 0.3) is 0 Å². The summed E-state index contributed by atoms with van der Waals surface area (Å²) in [7, 11) is 1.84. The zero-order valence-electron chi connectivity index (χ0n) is 13.3. The Bertz CT molecular complexity index is 445. The zero-order valence-corrected chi connectivity index (χ0v) is 17.3. The van der Waals surface area contributed by atoms with Gasteiger partial charge in [-0.25, -0.2) is 0 Å². The first-order valence-corrected chi connectivity index (χ1v) is 9.57. The first kappa shape index (κ1) is 20.0. The smallest absolute Gasteiger partial charge is 0.191 e. The van der Waals surface area contributed by atoms with E-state index in [1.807, 2.05) is 18.8 Å². The molecule has 1 aliphatic heterocycles. The monoisotopic (exact) mass is 451 g/mol. The zero-order chi connectivity index (χ0) is 14.9. The molecular weight excluding hydrogens is 425 g/mol. The Balaban J connectivity index is 0.00000242. The maximum atomic E-state index is 4.28. The second kappa shape index (κ2) is 11.5. The van der Waals surface area contributed by atoms with Crippen LogP contribution in [0.15, 0.2) is 34.2 Å². The predicted molar refractivity (Wildman–Crippen MR) is 112 cm³/mol. The SMILES string of the molecule is CN=C(NCCSc1ccc(C)cc1)NCC1CCCS1.I. The number of hydrogen-bond donors (Lipinski definition) is 2. The molecule has 1 heterocycles. The molecule has 2 N–H and O–H groups in total. The van der Waals surface area contributed by atoms with Gasteiger partial charge >= 0.3 is 0 Å². The molecule has 6 heteroatoms. The number of benzene rings is 1. The lowest BCUT2D eigenvalue weighted by molar-refractivity contribution is 0.731. The summed E-state index contributed by atoms with van der Waals surface area (Å²) in [4.78, 5) is 5.61. The van der Waals surface area contributed by atoms with E-state index in [-0.39, 0.29) is 24.0 Å². The first-order valence-electron chi connectivity index (χ1n) is 7.53. The van der Waals surface area contributed by atoms with Crippen molar-refractivity contribution < 1.29 is 0 Å². The van der Waals surface area contributed by atoms with Gasteiger partial charge in [0, 0.05) is 36.0 Å². The molecule has 0 spiro atoms. The third-order valence-electron chi connectivity index (χ3n) is 3.43. The van der Waals surface area contributed by atoms with Crippen LogP contribution >= 0.6 is 47.5 Å². The van der Waals surface area contributed by atoms with Gasteiger partial charge in [0.2, 0.25) is 0 Å². The molecule has 0 bridgehead atoms. The van der Waals surface area contributed by atoms with Crippen molar-refractivity contribution in [2.24, 2.45) is 4.99 Å². The van der Waals surface area contributed by atoms with Gasteiger partial charge in [-0.3, -0.25) is 4.99 Å². The number of nitrogens with one attached hydrogen (secondary N) is 2. The number of rotatable bonds is 6. The Labute approximate surface area is 159 Å². The average molecular weight is 451 g/mol. The molecule has 1 aromatic rings. The number of aryl methyl sites for hydroxylation is 1. The van der Waals surface area contributed by atoms with Crippen LogP contribution in [0.2, 0.25) is 0 Å². The van der Waals surface area contributed by atoms with E-state index in [9.17, 15) is 0 Å². The lowest BCUT2D eigenvalue weighted by Gasteiger charge is -2.14. The van der Waals surface area contributed by atoms with Crippen LogP contribution in [0.3, 0.4) is 0 Å². The fourth-order valence-corrected chi connectivity index (χ4v) is 4.18. The van der Waals surface area contributed by atoms with Crippen molar-refractivity contribution >= 4 is 53.5 Å². The Morgan fingerprint density at radius 3 is 2.73 bits per heavy atom. The summed E-state index contributed by atoms with van der Waals surface area (Å²) in [5.74, 6) is 3.28. The van der Waals surface area contributed by atoms with Crippen LogP contribution in [0, 0.1) is 6.92 Å². The Morgan fingerprint density at radius 2 is 2.09 bits per heavy atom. The third kappa shape index (κ3) is 7.46. The summed E-state index contributed by atoms with van der Waals surface area (Å²) >= 11 is 3.95. The highest BCUT2D eigenvalue weighted by molar-refractivity contribution is 14.0. The molecule has 0 amide bonds. The molecular formula is C16H26IN3S2. The molecule has 0 aromatic heterocycles. The predicted octanol–water partition coefficient (Wildman–Crippen LogP) is 3.77. The Kier molecular flexibility index (Phi) is 10.4. The molecule has 3 nitrogen and oxygen atoms in total. The van der Waals surface area contributed by atoms with Gasteiger partial charge < -0.3 is 10.6 Å². The minimum atomic E-state index is 0. The van der Waals surface area contributed by atoms with Gasteiger partial charge in [0.25, 0.3) is 0 Å². The number of halogens is 1. The number of hydrogen-bond acceptors (Lipinski definition) is 3. The van der Waals surface area contributed by atoms with Crippen molar-refractivity contribution in [2.45, 2.75) is 29.9 Å². The van der Waals surface area contributed by atoms with Crippen molar-refractivity contribution in [3.63, 3.8) is 0 Å². The highest BCUT2D eigenvalue weighted by Crippen LogP contribution is 2.25. The molecule has 2 rings (SSSR count). The van der Waals surface area contributed by atoms with Crippen LogP contribution in [-0.4, -0.2) is 42.9 Å². The van der Waals surface area contributed by atoms with Gasteiger partial charge in [0.05, 0.1) is 0 Å². The molecule has 1 aromatic carbocycles. The largest absolute Gasteiger partial charge is 0.356 e. The van der Waals surface area contributed by atoms with Gasteiger partial charge in [-0.1, -0.05) is 17.7 Å². The summed E-state index contributed by atoms with van der Waals surface area (Å²) in [6.07, 6.45) is 2.69. The summed E-state index contributed by atoms with van der Waals surface area (Å²) in [5.41, 5.74) is 1.31. The molecule has 124 valence electrons. The van der Waals surface area contributed by atoms with E-state index < -0.39 is 0 Å². The number of guanidine groups is 1. The van der Waals surface area contributed by atoms with Crippen molar-refractivity contribution in [3.8, 4) is 0 Å². The topological polar surface area (TPSA) is 36.4 Å². The van der Waals surface area contributed by atoms with E-state index >= 15 is 0 Å². The van der Waals surface area contributed by atoms with Crippen molar-refractivity contribution in [3.05, 3.63) is 29.8 Å². The van der Waals surface area contributed by atoms with Crippen LogP contribution in [0.1, 0.15) is 18.4 Å². The van der Waals surface area contributed by atoms with Gasteiger partial charge in [0.15, 0.2) is 5.96 Å². The Hall–Kier alpha value is -0.0800. The molecule has 1 unspecified atom stereocenters. The van der Waals surface area contributed by atoms with E-state index in [0.29, 0.717) is 0 Å². The minimum absolute atomic E-state index is 0. The summed E-state index contributed by atoms with van der Waals surface area (Å²) in [6.45, 7) is 4.07. The minimum Gasteiger partial charge on any atom is -0.356 e. The highest BCUT2D eigenvalue weighted by Gasteiger charge is 2.15. The lowest BCUT2D eigenvalue weighted by atomic mass is 10.2. The van der Waals surface area contributed by atoms with Crippen LogP contribution < -0.4 is 10.6 Å². The molecule has 1 saturated heterocycles. The number of thioether (sulfide) groups is 2. The molecule has 1 aliphatic rings. The second-order valence-corrected chi connectivity index (χ2v) is 7.75. The Morgan fingerprint density at radius 1 is 1.32 bits per heavy atom. The average Bonchev–Trinajstić information content (AvgIpc) is 3.02. The van der Waals surface area contributed by atoms with Gasteiger partial charge in [-0.15, -0.1) is 35.7 Å². The summed E-state index contributed by atoms with van der Waals surface area (Å²) in [5, 5.41) is 7.57. The second-order valence-electron chi connectivity index (χ2n) is 5.18. The summed E-state index contributed by atoms with van der Waals surface area (Å²) < 4.78 is 0. The van der Waals surface area contributed by atoms with Crippen molar-refractivity contribution in [1.82, 2.24) is 10.6 Å². The molecule has 1 atom stereocenters. The molecule has 0 aliphatic carbocycles. The number of nitrogens with zero attached hydrogens (tertiary/aromatic N) is 1. The van der Waals surface area contributed by atoms with Gasteiger partial charge in [0.1, 0.15) is 0 Å². The van der Waals surface area contributed by atoms with E-state index in [4.69, 9.17) is 0 Å². The fraction of sp³-hybridized carbons (Fsp3) is 0.562. The van der Waals surface area contributed by atoms with Gasteiger partial charge in [-0.05, 0) is 37.7 Å². The van der Waals surface area contributed by atoms with Crippen molar-refractivity contribution in [2.75, 3.05) is 31.6 Å². The van der Waals surface area contributed by atoms with E-state index in [0.717, 1.165) is 30.1 Å². The molecule has 22 heavy (non-hydrogen) atoms. The highest BCUT2D eigenvalue weighted by atomic mass is 127. The standard InChI is InChI=1S/C16H25N3S2.HI/c1-13-5-7-14(8-6-13)21-11-9-18-16(17-2)19-12-15-4-3-10-20-15;/h5-8,15H,3-4,9-12H2,1-2H3,(H2,17,18,19);1H. The van der Waals surface area contributed by atoms with Crippen LogP contribution in [0.5, 0.6) is 0 Å². The first-order chi connectivity index (χ1) is 10.3. The molecule has 0 radical (unpaired) electrons. The van der Waals surface area contributed by atoms with Crippen LogP contribution in [0.4, 0.5) is 0 Å². The van der Waals surface area contributed by atoms with Gasteiger partial charge in [-0.2, -0.15) is 11.8 Å². The molecule has 0 saturated carbocycles. The normalized spacial score (nSPS) is 17.9. The maximum Gasteiger partial charge on any atom is 0.191 e.